The van der Waals surface area contributed by atoms with Crippen molar-refractivity contribution in [2.45, 2.75) is 104 Å². The summed E-state index contributed by atoms with van der Waals surface area (Å²) >= 11 is 2.08. The van der Waals surface area contributed by atoms with Crippen molar-refractivity contribution in [2.75, 3.05) is 9.80 Å². The van der Waals surface area contributed by atoms with Gasteiger partial charge in [0.15, 0.2) is 0 Å². The van der Waals surface area contributed by atoms with Crippen LogP contribution in [0, 0.1) is 6.92 Å². The molecular weight excluding hydrogens is 960 g/mol. The van der Waals surface area contributed by atoms with Gasteiger partial charge in [0, 0.05) is 43.7 Å². The summed E-state index contributed by atoms with van der Waals surface area (Å²) in [5, 5.41) is 0. The molecule has 4 heteroatoms. The molecule has 78 heavy (non-hydrogen) atoms. The zero-order valence-electron chi connectivity index (χ0n) is 47.0. The summed E-state index contributed by atoms with van der Waals surface area (Å²) in [6.45, 7) is 25.5. The van der Waals surface area contributed by atoms with Crippen LogP contribution in [-0.2, 0) is 16.2 Å². The van der Waals surface area contributed by atoms with Gasteiger partial charge >= 0.3 is 0 Å². The zero-order chi connectivity index (χ0) is 53.7. The summed E-state index contributed by atoms with van der Waals surface area (Å²) < 4.78 is 1.40. The van der Waals surface area contributed by atoms with Gasteiger partial charge in [-0.05, 0) is 166 Å². The van der Waals surface area contributed by atoms with E-state index in [4.69, 9.17) is 0 Å². The van der Waals surface area contributed by atoms with Crippen LogP contribution in [0.2, 0.25) is 0 Å². The standard InChI is InChI=1S/C74H67BN2S/c1-44(2)47-25-32-54(33-26-47)77-66-40-46(5)39-65-68(66)75(71-69(77)67-58-37-31-52(73(9,10)11)43-62(58)74(70(67)78-71)60-23-17-15-21-56(60)57-22-16-18-24-61(57)74)63-38-28-50(42-64(63)76(65)53-34-29-51(30-35-53)72(6,7)8)59-41-49(45(3)4)27-36-55(59)48-19-13-12-14-20-48/h12-45H,1-11H3. The lowest BCUT2D eigenvalue weighted by molar-refractivity contribution is 0.588. The van der Waals surface area contributed by atoms with Gasteiger partial charge in [0.25, 0.3) is 6.71 Å². The van der Waals surface area contributed by atoms with Crippen LogP contribution in [0.15, 0.2) is 194 Å². The van der Waals surface area contributed by atoms with Crippen molar-refractivity contribution in [1.82, 2.24) is 0 Å². The van der Waals surface area contributed by atoms with Crippen molar-refractivity contribution in [3.05, 3.63) is 244 Å². The van der Waals surface area contributed by atoms with Crippen molar-refractivity contribution < 1.29 is 0 Å². The van der Waals surface area contributed by atoms with E-state index in [1.807, 2.05) is 0 Å². The van der Waals surface area contributed by atoms with Crippen LogP contribution in [0.1, 0.15) is 130 Å². The van der Waals surface area contributed by atoms with E-state index in [9.17, 15) is 0 Å². The maximum absolute atomic E-state index is 2.69. The lowest BCUT2D eigenvalue weighted by Gasteiger charge is -2.44. The molecule has 2 aliphatic heterocycles. The smallest absolute Gasteiger partial charge is 0.264 e. The number of fused-ring (bicyclic) bond motifs is 15. The van der Waals surface area contributed by atoms with Crippen molar-refractivity contribution in [3.63, 3.8) is 0 Å². The third-order valence-electron chi connectivity index (χ3n) is 17.8. The first kappa shape index (κ1) is 48.7. The van der Waals surface area contributed by atoms with Crippen molar-refractivity contribution in [1.29, 1.82) is 0 Å². The molecule has 0 saturated carbocycles. The minimum atomic E-state index is -0.503. The lowest BCUT2D eigenvalue weighted by atomic mass is 9.36. The Morgan fingerprint density at radius 2 is 1.01 bits per heavy atom. The topological polar surface area (TPSA) is 6.48 Å². The number of benzene rings is 9. The largest absolute Gasteiger partial charge is 0.311 e. The molecule has 0 amide bonds. The van der Waals surface area contributed by atoms with Gasteiger partial charge in [-0.3, -0.25) is 0 Å². The van der Waals surface area contributed by atoms with E-state index in [1.54, 1.807) is 0 Å². The Bertz CT molecular complexity index is 4020. The first-order chi connectivity index (χ1) is 37.5. The minimum absolute atomic E-state index is 0.0145. The molecule has 0 radical (unpaired) electrons. The predicted molar refractivity (Wildman–Crippen MR) is 336 cm³/mol. The molecule has 4 aliphatic rings. The molecule has 1 spiro atoms. The minimum Gasteiger partial charge on any atom is -0.311 e. The molecule has 0 unspecified atom stereocenters. The van der Waals surface area contributed by atoms with Crippen LogP contribution in [0.3, 0.4) is 0 Å². The molecule has 0 bridgehead atoms. The first-order valence-electron chi connectivity index (χ1n) is 28.3. The molecule has 14 rings (SSSR count). The summed E-state index contributed by atoms with van der Waals surface area (Å²) in [6.07, 6.45) is 0. The monoisotopic (exact) mass is 1030 g/mol. The van der Waals surface area contributed by atoms with E-state index in [0.29, 0.717) is 11.8 Å². The molecule has 382 valence electrons. The van der Waals surface area contributed by atoms with Crippen LogP contribution >= 0.6 is 11.3 Å². The average molecular weight is 1030 g/mol. The van der Waals surface area contributed by atoms with E-state index < -0.39 is 5.41 Å². The molecule has 2 aliphatic carbocycles. The van der Waals surface area contributed by atoms with E-state index in [1.165, 1.54) is 144 Å². The Hall–Kier alpha value is -7.66. The molecule has 0 N–H and O–H groups in total. The second-order valence-electron chi connectivity index (χ2n) is 25.3. The summed E-state index contributed by atoms with van der Waals surface area (Å²) in [5.74, 6) is 0.801. The van der Waals surface area contributed by atoms with Gasteiger partial charge < -0.3 is 9.80 Å². The van der Waals surface area contributed by atoms with E-state index >= 15 is 0 Å². The van der Waals surface area contributed by atoms with Crippen molar-refractivity contribution in [3.8, 4) is 44.5 Å². The maximum atomic E-state index is 2.69. The van der Waals surface area contributed by atoms with Crippen LogP contribution in [0.4, 0.5) is 34.1 Å². The fourth-order valence-electron chi connectivity index (χ4n) is 13.7. The summed E-state index contributed by atoms with van der Waals surface area (Å²) in [7, 11) is 0. The van der Waals surface area contributed by atoms with Gasteiger partial charge in [-0.2, -0.15) is 0 Å². The predicted octanol–water partition coefficient (Wildman–Crippen LogP) is 18.7. The van der Waals surface area contributed by atoms with Gasteiger partial charge in [-0.25, -0.2) is 0 Å². The molecule has 9 aromatic carbocycles. The fourth-order valence-corrected chi connectivity index (χ4v) is 15.4. The third kappa shape index (κ3) is 7.07. The highest BCUT2D eigenvalue weighted by molar-refractivity contribution is 7.30. The van der Waals surface area contributed by atoms with E-state index in [0.717, 1.165) is 0 Å². The van der Waals surface area contributed by atoms with Crippen LogP contribution in [-0.4, -0.2) is 6.71 Å². The molecule has 0 saturated heterocycles. The molecule has 3 heterocycles. The van der Waals surface area contributed by atoms with Gasteiger partial charge in [0.2, 0.25) is 0 Å². The van der Waals surface area contributed by atoms with Crippen LogP contribution in [0.5, 0.6) is 0 Å². The quantitative estimate of drug-likeness (QED) is 0.153. The Labute approximate surface area is 467 Å². The Kier molecular flexibility index (Phi) is 10.9. The van der Waals surface area contributed by atoms with E-state index in [-0.39, 0.29) is 17.5 Å². The second kappa shape index (κ2) is 17.4. The van der Waals surface area contributed by atoms with Gasteiger partial charge in [0.05, 0.1) is 11.1 Å². The van der Waals surface area contributed by atoms with Gasteiger partial charge in [0.1, 0.15) is 0 Å². The van der Waals surface area contributed by atoms with Crippen LogP contribution in [0.25, 0.3) is 44.5 Å². The number of hydrogen-bond acceptors (Lipinski definition) is 3. The Balaban J connectivity index is 1.11. The highest BCUT2D eigenvalue weighted by Crippen LogP contribution is 2.67. The van der Waals surface area contributed by atoms with Crippen molar-refractivity contribution in [2.24, 2.45) is 0 Å². The summed E-state index contributed by atoms with van der Waals surface area (Å²) in [6, 6.07) is 75.7. The molecule has 10 aromatic rings. The van der Waals surface area contributed by atoms with Crippen molar-refractivity contribution >= 4 is 67.9 Å². The highest BCUT2D eigenvalue weighted by Gasteiger charge is 2.57. The molecule has 2 nitrogen and oxygen atoms in total. The average Bonchev–Trinajstić information content (AvgIpc) is 1.96. The SMILES string of the molecule is Cc1cc2c3c(c1)N(c1ccc(C(C)C)cc1)c1c(sc4c1-c1ccc(C(C)(C)C)cc1C41c4ccccc4-c4ccccc41)B3c1ccc(-c3cc(C(C)C)ccc3-c3ccccc3)cc1N2c1ccc(C(C)(C)C)cc1. The Morgan fingerprint density at radius 1 is 0.449 bits per heavy atom. The lowest BCUT2D eigenvalue weighted by Crippen LogP contribution is -2.60. The number of nitrogens with zero attached hydrogens (tertiary/aromatic N) is 2. The zero-order valence-corrected chi connectivity index (χ0v) is 47.8. The number of anilines is 6. The normalized spacial score (nSPS) is 14.3. The van der Waals surface area contributed by atoms with Crippen LogP contribution < -0.4 is 25.5 Å². The molecule has 0 fully saturated rings. The number of thiophene rings is 1. The Morgan fingerprint density at radius 3 is 1.65 bits per heavy atom. The van der Waals surface area contributed by atoms with Gasteiger partial charge in [-0.15, -0.1) is 11.3 Å². The van der Waals surface area contributed by atoms with E-state index in [2.05, 4.69) is 291 Å². The summed E-state index contributed by atoms with van der Waals surface area (Å²) in [4.78, 5) is 6.73. The maximum Gasteiger partial charge on any atom is 0.264 e. The summed E-state index contributed by atoms with van der Waals surface area (Å²) in [5.41, 5.74) is 30.7. The first-order valence-corrected chi connectivity index (χ1v) is 29.1. The number of aryl methyl sites for hydroxylation is 1. The molecule has 1 aromatic heterocycles. The number of hydrogen-bond donors (Lipinski definition) is 0. The molecule has 0 atom stereocenters. The van der Waals surface area contributed by atoms with Gasteiger partial charge in [-0.1, -0.05) is 221 Å². The highest BCUT2D eigenvalue weighted by atomic mass is 32.1. The molecular formula is C74H67BN2S. The number of rotatable bonds is 6. The second-order valence-corrected chi connectivity index (χ2v) is 26.4. The fraction of sp³-hybridized carbons (Fsp3) is 0.216. The third-order valence-corrected chi connectivity index (χ3v) is 19.2.